The number of hydrogen-bond acceptors (Lipinski definition) is 3. The number of nitrogens with two attached hydrogens (primary N) is 1. The van der Waals surface area contributed by atoms with E-state index in [9.17, 15) is 0 Å². The van der Waals surface area contributed by atoms with Gasteiger partial charge in [0.2, 0.25) is 0 Å². The minimum atomic E-state index is -0.0874. The quantitative estimate of drug-likeness (QED) is 0.835. The average molecular weight is 244 g/mol. The lowest BCUT2D eigenvalue weighted by Crippen LogP contribution is -2.12. The van der Waals surface area contributed by atoms with Crippen molar-refractivity contribution in [3.63, 3.8) is 0 Å². The summed E-state index contributed by atoms with van der Waals surface area (Å²) in [6, 6.07) is 3.64. The molecule has 1 unspecified atom stereocenters. The lowest BCUT2D eigenvalue weighted by Gasteiger charge is -2.16. The van der Waals surface area contributed by atoms with E-state index >= 15 is 0 Å². The van der Waals surface area contributed by atoms with E-state index in [4.69, 9.17) is 27.2 Å². The summed E-state index contributed by atoms with van der Waals surface area (Å²) in [6.07, 6.45) is 1.45. The highest BCUT2D eigenvalue weighted by molar-refractivity contribution is 6.32. The predicted molar refractivity (Wildman–Crippen MR) is 66.0 cm³/mol. The molecule has 0 aromatic heterocycles. The molecule has 0 saturated heterocycles. The van der Waals surface area contributed by atoms with Gasteiger partial charge in [-0.25, -0.2) is 0 Å². The zero-order valence-corrected chi connectivity index (χ0v) is 10.4. The summed E-state index contributed by atoms with van der Waals surface area (Å²) < 4.78 is 5.13. The van der Waals surface area contributed by atoms with Crippen LogP contribution in [0.4, 0.5) is 0 Å². The molecule has 1 aromatic rings. The van der Waals surface area contributed by atoms with E-state index in [-0.39, 0.29) is 12.6 Å². The van der Waals surface area contributed by atoms with Gasteiger partial charge < -0.3 is 15.6 Å². The van der Waals surface area contributed by atoms with Gasteiger partial charge in [0.25, 0.3) is 0 Å². The summed E-state index contributed by atoms with van der Waals surface area (Å²) >= 11 is 6.05. The Hall–Kier alpha value is -0.770. The van der Waals surface area contributed by atoms with Crippen molar-refractivity contribution in [2.24, 2.45) is 5.73 Å². The van der Waals surface area contributed by atoms with Gasteiger partial charge in [-0.1, -0.05) is 11.6 Å². The van der Waals surface area contributed by atoms with Gasteiger partial charge in [-0.05, 0) is 43.0 Å². The third kappa shape index (κ3) is 3.11. The third-order valence-electron chi connectivity index (χ3n) is 2.61. The summed E-state index contributed by atoms with van der Waals surface area (Å²) in [5.74, 6) is 0.664. The molecule has 16 heavy (non-hydrogen) atoms. The number of hydrogen-bond donors (Lipinski definition) is 2. The Morgan fingerprint density at radius 2 is 2.19 bits per heavy atom. The second kappa shape index (κ2) is 6.09. The van der Waals surface area contributed by atoms with Gasteiger partial charge in [-0.2, -0.15) is 0 Å². The minimum absolute atomic E-state index is 0.0874. The standard InChI is InChI=1S/C12H18ClNO2/c1-8-6-12(16-2)10(13)7-9(8)11(14)4-3-5-15/h6-7,11,15H,3-5,14H2,1-2H3. The fraction of sp³-hybridized carbons (Fsp3) is 0.500. The van der Waals surface area contributed by atoms with Gasteiger partial charge in [0.1, 0.15) is 5.75 Å². The third-order valence-corrected chi connectivity index (χ3v) is 2.91. The molecule has 1 atom stereocenters. The maximum Gasteiger partial charge on any atom is 0.137 e. The molecule has 3 nitrogen and oxygen atoms in total. The fourth-order valence-electron chi connectivity index (χ4n) is 1.69. The normalized spacial score (nSPS) is 12.6. The maximum absolute atomic E-state index is 8.77. The van der Waals surface area contributed by atoms with Crippen LogP contribution in [0.15, 0.2) is 12.1 Å². The summed E-state index contributed by atoms with van der Waals surface area (Å²) in [7, 11) is 1.59. The summed E-state index contributed by atoms with van der Waals surface area (Å²) in [5, 5.41) is 9.34. The first-order chi connectivity index (χ1) is 7.60. The van der Waals surface area contributed by atoms with Crippen LogP contribution in [-0.4, -0.2) is 18.8 Å². The molecule has 0 heterocycles. The van der Waals surface area contributed by atoms with Crippen LogP contribution in [0.25, 0.3) is 0 Å². The summed E-state index contributed by atoms with van der Waals surface area (Å²) in [5.41, 5.74) is 8.11. The van der Waals surface area contributed by atoms with Crippen molar-refractivity contribution in [2.45, 2.75) is 25.8 Å². The molecule has 0 aliphatic heterocycles. The van der Waals surface area contributed by atoms with Crippen LogP contribution >= 0.6 is 11.6 Å². The lowest BCUT2D eigenvalue weighted by atomic mass is 9.98. The van der Waals surface area contributed by atoms with Crippen molar-refractivity contribution < 1.29 is 9.84 Å². The molecular weight excluding hydrogens is 226 g/mol. The van der Waals surface area contributed by atoms with Gasteiger partial charge >= 0.3 is 0 Å². The van der Waals surface area contributed by atoms with Crippen LogP contribution in [0.5, 0.6) is 5.75 Å². The Labute approximate surface area is 101 Å². The van der Waals surface area contributed by atoms with E-state index < -0.39 is 0 Å². The highest BCUT2D eigenvalue weighted by Crippen LogP contribution is 2.31. The highest BCUT2D eigenvalue weighted by Gasteiger charge is 2.12. The monoisotopic (exact) mass is 243 g/mol. The van der Waals surface area contributed by atoms with E-state index in [0.717, 1.165) is 17.5 Å². The number of ether oxygens (including phenoxy) is 1. The molecular formula is C12H18ClNO2. The number of aliphatic hydroxyl groups is 1. The fourth-order valence-corrected chi connectivity index (χ4v) is 1.94. The number of rotatable bonds is 5. The van der Waals surface area contributed by atoms with Crippen LogP contribution < -0.4 is 10.5 Å². The molecule has 0 radical (unpaired) electrons. The molecule has 0 amide bonds. The highest BCUT2D eigenvalue weighted by atomic mass is 35.5. The molecule has 0 aliphatic carbocycles. The molecule has 0 saturated carbocycles. The van der Waals surface area contributed by atoms with E-state index in [1.54, 1.807) is 7.11 Å². The molecule has 4 heteroatoms. The molecule has 1 rings (SSSR count). The smallest absolute Gasteiger partial charge is 0.137 e. The van der Waals surface area contributed by atoms with Gasteiger partial charge in [0.15, 0.2) is 0 Å². The Bertz CT molecular complexity index is 355. The van der Waals surface area contributed by atoms with Gasteiger partial charge in [0, 0.05) is 12.6 Å². The average Bonchev–Trinajstić information content (AvgIpc) is 2.28. The number of aliphatic hydroxyl groups excluding tert-OH is 1. The van der Waals surface area contributed by atoms with Gasteiger partial charge in [-0.3, -0.25) is 0 Å². The summed E-state index contributed by atoms with van der Waals surface area (Å²) in [4.78, 5) is 0. The Morgan fingerprint density at radius 3 is 2.75 bits per heavy atom. The molecule has 1 aromatic carbocycles. The number of benzene rings is 1. The zero-order chi connectivity index (χ0) is 12.1. The zero-order valence-electron chi connectivity index (χ0n) is 9.66. The number of halogens is 1. The summed E-state index contributed by atoms with van der Waals surface area (Å²) in [6.45, 7) is 2.14. The van der Waals surface area contributed by atoms with Crippen molar-refractivity contribution in [1.29, 1.82) is 0 Å². The molecule has 0 bridgehead atoms. The van der Waals surface area contributed by atoms with Crippen LogP contribution in [0, 0.1) is 6.92 Å². The van der Waals surface area contributed by atoms with Crippen LogP contribution in [0.3, 0.4) is 0 Å². The van der Waals surface area contributed by atoms with E-state index in [1.807, 2.05) is 19.1 Å². The Morgan fingerprint density at radius 1 is 1.50 bits per heavy atom. The van der Waals surface area contributed by atoms with Crippen molar-refractivity contribution in [1.82, 2.24) is 0 Å². The van der Waals surface area contributed by atoms with Gasteiger partial charge in [0.05, 0.1) is 12.1 Å². The van der Waals surface area contributed by atoms with Crippen molar-refractivity contribution in [2.75, 3.05) is 13.7 Å². The largest absolute Gasteiger partial charge is 0.495 e. The molecule has 0 aliphatic rings. The van der Waals surface area contributed by atoms with Crippen LogP contribution in [-0.2, 0) is 0 Å². The van der Waals surface area contributed by atoms with E-state index in [2.05, 4.69) is 0 Å². The Balaban J connectivity index is 2.92. The van der Waals surface area contributed by atoms with Crippen LogP contribution in [0.1, 0.15) is 30.0 Å². The Kier molecular flexibility index (Phi) is 5.06. The first-order valence-electron chi connectivity index (χ1n) is 5.30. The van der Waals surface area contributed by atoms with Gasteiger partial charge in [-0.15, -0.1) is 0 Å². The molecule has 3 N–H and O–H groups in total. The topological polar surface area (TPSA) is 55.5 Å². The second-order valence-electron chi connectivity index (χ2n) is 3.82. The molecule has 0 spiro atoms. The van der Waals surface area contributed by atoms with Crippen molar-refractivity contribution >= 4 is 11.6 Å². The molecule has 90 valence electrons. The number of aryl methyl sites for hydroxylation is 1. The molecule has 0 fully saturated rings. The maximum atomic E-state index is 8.77. The van der Waals surface area contributed by atoms with Crippen molar-refractivity contribution in [3.05, 3.63) is 28.3 Å². The van der Waals surface area contributed by atoms with E-state index in [1.165, 1.54) is 0 Å². The van der Waals surface area contributed by atoms with Crippen LogP contribution in [0.2, 0.25) is 5.02 Å². The first-order valence-corrected chi connectivity index (χ1v) is 5.68. The first kappa shape index (κ1) is 13.3. The predicted octanol–water partition coefficient (Wildman–Crippen LogP) is 2.43. The van der Waals surface area contributed by atoms with Crippen molar-refractivity contribution in [3.8, 4) is 5.75 Å². The van der Waals surface area contributed by atoms with E-state index in [0.29, 0.717) is 17.2 Å². The SMILES string of the molecule is COc1cc(C)c(C(N)CCCO)cc1Cl. The number of methoxy groups -OCH3 is 1. The lowest BCUT2D eigenvalue weighted by molar-refractivity contribution is 0.280. The second-order valence-corrected chi connectivity index (χ2v) is 4.22. The minimum Gasteiger partial charge on any atom is -0.495 e.